The zero-order chi connectivity index (χ0) is 16.9. The first-order chi connectivity index (χ1) is 11.6. The predicted octanol–water partition coefficient (Wildman–Crippen LogP) is 2.54. The van der Waals surface area contributed by atoms with Crippen molar-refractivity contribution in [3.05, 3.63) is 36.5 Å². The number of amides is 1. The van der Waals surface area contributed by atoms with Gasteiger partial charge in [-0.05, 0) is 56.8 Å². The van der Waals surface area contributed by atoms with E-state index in [9.17, 15) is 4.79 Å². The number of carbonyl (C=O) groups excluding carboxylic acids is 1. The summed E-state index contributed by atoms with van der Waals surface area (Å²) in [4.78, 5) is 21.1. The van der Waals surface area contributed by atoms with Crippen LogP contribution in [0.2, 0.25) is 0 Å². The number of aromatic nitrogens is 3. The summed E-state index contributed by atoms with van der Waals surface area (Å²) in [5.41, 5.74) is 0.723. The van der Waals surface area contributed by atoms with E-state index in [4.69, 9.17) is 0 Å². The molecule has 128 valence electrons. The zero-order valence-corrected chi connectivity index (χ0v) is 14.3. The van der Waals surface area contributed by atoms with Crippen molar-refractivity contribution in [2.75, 3.05) is 18.4 Å². The van der Waals surface area contributed by atoms with Crippen molar-refractivity contribution in [3.8, 4) is 5.82 Å². The number of anilines is 1. The van der Waals surface area contributed by atoms with Gasteiger partial charge in [-0.15, -0.1) is 0 Å². The van der Waals surface area contributed by atoms with Crippen LogP contribution >= 0.6 is 0 Å². The van der Waals surface area contributed by atoms with Gasteiger partial charge in [-0.25, -0.2) is 9.97 Å². The maximum atomic E-state index is 12.5. The maximum Gasteiger partial charge on any atom is 0.224 e. The van der Waals surface area contributed by atoms with Crippen LogP contribution in [0.5, 0.6) is 0 Å². The second-order valence-corrected chi connectivity index (χ2v) is 6.54. The van der Waals surface area contributed by atoms with Crippen molar-refractivity contribution in [1.29, 1.82) is 0 Å². The quantitative estimate of drug-likeness (QED) is 0.885. The van der Waals surface area contributed by atoms with Gasteiger partial charge in [-0.1, -0.05) is 6.92 Å². The highest BCUT2D eigenvalue weighted by Gasteiger charge is 2.22. The van der Waals surface area contributed by atoms with Crippen LogP contribution in [0, 0.1) is 18.8 Å². The Morgan fingerprint density at radius 1 is 1.38 bits per heavy atom. The number of piperidine rings is 1. The average Bonchev–Trinajstić information content (AvgIpc) is 3.02. The summed E-state index contributed by atoms with van der Waals surface area (Å²) in [5, 5.41) is 6.40. The van der Waals surface area contributed by atoms with Gasteiger partial charge < -0.3 is 10.6 Å². The van der Waals surface area contributed by atoms with E-state index in [-0.39, 0.29) is 5.91 Å². The fourth-order valence-corrected chi connectivity index (χ4v) is 3.36. The molecular formula is C18H25N5O. The molecule has 3 rings (SSSR count). The first-order valence-corrected chi connectivity index (χ1v) is 8.61. The van der Waals surface area contributed by atoms with Crippen LogP contribution < -0.4 is 10.6 Å². The molecule has 6 nitrogen and oxygen atoms in total. The lowest BCUT2D eigenvalue weighted by Crippen LogP contribution is -2.32. The summed E-state index contributed by atoms with van der Waals surface area (Å²) in [6, 6.07) is 3.72. The zero-order valence-electron chi connectivity index (χ0n) is 14.3. The van der Waals surface area contributed by atoms with Crippen LogP contribution in [0.4, 0.5) is 5.69 Å². The highest BCUT2D eigenvalue weighted by molar-refractivity contribution is 5.92. The molecule has 2 aromatic heterocycles. The first-order valence-electron chi connectivity index (χ1n) is 8.61. The van der Waals surface area contributed by atoms with E-state index in [1.807, 2.05) is 29.8 Å². The smallest absolute Gasteiger partial charge is 0.224 e. The monoisotopic (exact) mass is 327 g/mol. The topological polar surface area (TPSA) is 71.8 Å². The van der Waals surface area contributed by atoms with Gasteiger partial charge in [-0.2, -0.15) is 0 Å². The molecule has 1 aliphatic rings. The first kappa shape index (κ1) is 16.6. The Morgan fingerprint density at radius 2 is 2.17 bits per heavy atom. The molecule has 2 N–H and O–H groups in total. The summed E-state index contributed by atoms with van der Waals surface area (Å²) in [6.07, 6.45) is 8.16. The molecule has 1 atom stereocenters. The van der Waals surface area contributed by atoms with Gasteiger partial charge in [0.1, 0.15) is 5.82 Å². The van der Waals surface area contributed by atoms with Crippen molar-refractivity contribution in [2.45, 2.75) is 33.1 Å². The maximum absolute atomic E-state index is 12.5. The Morgan fingerprint density at radius 3 is 2.88 bits per heavy atom. The molecule has 1 unspecified atom stereocenters. The van der Waals surface area contributed by atoms with E-state index in [2.05, 4.69) is 27.5 Å². The van der Waals surface area contributed by atoms with E-state index in [1.165, 1.54) is 0 Å². The van der Waals surface area contributed by atoms with E-state index in [1.54, 1.807) is 12.4 Å². The van der Waals surface area contributed by atoms with Crippen LogP contribution in [0.15, 0.2) is 30.7 Å². The Labute approximate surface area is 142 Å². The average molecular weight is 327 g/mol. The van der Waals surface area contributed by atoms with Crippen molar-refractivity contribution in [1.82, 2.24) is 19.9 Å². The number of imidazole rings is 1. The number of hydrogen-bond donors (Lipinski definition) is 2. The Balaban J connectivity index is 1.67. The lowest BCUT2D eigenvalue weighted by Gasteiger charge is -2.28. The molecule has 1 saturated heterocycles. The van der Waals surface area contributed by atoms with E-state index in [0.717, 1.165) is 37.4 Å². The van der Waals surface area contributed by atoms with Crippen LogP contribution in [0.3, 0.4) is 0 Å². The van der Waals surface area contributed by atoms with Crippen LogP contribution in [-0.4, -0.2) is 33.5 Å². The van der Waals surface area contributed by atoms with Gasteiger partial charge in [0.05, 0.1) is 5.69 Å². The minimum Gasteiger partial charge on any atom is -0.323 e. The van der Waals surface area contributed by atoms with Crippen LogP contribution in [0.1, 0.15) is 32.0 Å². The van der Waals surface area contributed by atoms with Gasteiger partial charge in [0.25, 0.3) is 0 Å². The summed E-state index contributed by atoms with van der Waals surface area (Å²) in [5.74, 6) is 2.61. The van der Waals surface area contributed by atoms with Gasteiger partial charge in [0, 0.05) is 25.0 Å². The molecule has 3 heterocycles. The molecule has 0 saturated carbocycles. The Kier molecular flexibility index (Phi) is 5.25. The van der Waals surface area contributed by atoms with Crippen molar-refractivity contribution in [3.63, 3.8) is 0 Å². The molecule has 6 heteroatoms. The number of carbonyl (C=O) groups is 1. The normalized spacial score (nSPS) is 16.8. The lowest BCUT2D eigenvalue weighted by atomic mass is 9.84. The molecule has 0 aliphatic carbocycles. The molecule has 0 bridgehead atoms. The number of nitrogens with zero attached hydrogens (tertiary/aromatic N) is 3. The minimum atomic E-state index is 0.0491. The second-order valence-electron chi connectivity index (χ2n) is 6.54. The number of pyridine rings is 1. The summed E-state index contributed by atoms with van der Waals surface area (Å²) < 4.78 is 1.88. The van der Waals surface area contributed by atoms with Crippen molar-refractivity contribution < 1.29 is 4.79 Å². The summed E-state index contributed by atoms with van der Waals surface area (Å²) >= 11 is 0. The molecule has 0 radical (unpaired) electrons. The molecule has 0 aromatic carbocycles. The number of rotatable bonds is 5. The molecule has 24 heavy (non-hydrogen) atoms. The van der Waals surface area contributed by atoms with E-state index in [0.29, 0.717) is 24.1 Å². The van der Waals surface area contributed by atoms with Gasteiger partial charge in [-0.3, -0.25) is 9.36 Å². The lowest BCUT2D eigenvalue weighted by molar-refractivity contribution is -0.117. The molecular weight excluding hydrogens is 302 g/mol. The minimum absolute atomic E-state index is 0.0491. The Hall–Kier alpha value is -2.21. The largest absolute Gasteiger partial charge is 0.323 e. The molecule has 0 spiro atoms. The molecule has 1 aliphatic heterocycles. The van der Waals surface area contributed by atoms with Crippen molar-refractivity contribution >= 4 is 11.6 Å². The third-order valence-corrected chi connectivity index (χ3v) is 4.81. The standard InChI is InChI=1S/C18H25N5O/c1-13(15-5-8-19-9-6-15)12-17(24)22-16-4-3-7-21-18(16)23-11-10-20-14(23)2/h3-4,7,10-11,13,15,19H,5-6,8-9,12H2,1-2H3,(H,22,24). The van der Waals surface area contributed by atoms with Gasteiger partial charge in [0.15, 0.2) is 5.82 Å². The van der Waals surface area contributed by atoms with E-state index < -0.39 is 0 Å². The number of aryl methyl sites for hydroxylation is 1. The number of nitrogens with one attached hydrogen (secondary N) is 2. The second kappa shape index (κ2) is 7.57. The predicted molar refractivity (Wildman–Crippen MR) is 94.1 cm³/mol. The highest BCUT2D eigenvalue weighted by Crippen LogP contribution is 2.25. The van der Waals surface area contributed by atoms with E-state index >= 15 is 0 Å². The fourth-order valence-electron chi connectivity index (χ4n) is 3.36. The summed E-state index contributed by atoms with van der Waals surface area (Å²) in [7, 11) is 0. The number of hydrogen-bond acceptors (Lipinski definition) is 4. The van der Waals surface area contributed by atoms with Gasteiger partial charge >= 0.3 is 0 Å². The SMILES string of the molecule is Cc1nccn1-c1ncccc1NC(=O)CC(C)C1CCNCC1. The molecule has 2 aromatic rings. The summed E-state index contributed by atoms with van der Waals surface area (Å²) in [6.45, 7) is 6.21. The third kappa shape index (κ3) is 3.82. The highest BCUT2D eigenvalue weighted by atomic mass is 16.1. The van der Waals surface area contributed by atoms with Crippen LogP contribution in [0.25, 0.3) is 5.82 Å². The fraction of sp³-hybridized carbons (Fsp3) is 0.500. The van der Waals surface area contributed by atoms with Gasteiger partial charge in [0.2, 0.25) is 5.91 Å². The molecule has 1 amide bonds. The Bertz CT molecular complexity index is 690. The third-order valence-electron chi connectivity index (χ3n) is 4.81. The van der Waals surface area contributed by atoms with Crippen LogP contribution in [-0.2, 0) is 4.79 Å². The molecule has 1 fully saturated rings. The van der Waals surface area contributed by atoms with Crippen molar-refractivity contribution in [2.24, 2.45) is 11.8 Å².